The number of likely N-dealkylation sites (tertiary alicyclic amines) is 1. The lowest BCUT2D eigenvalue weighted by atomic mass is 10.0. The zero-order chi connectivity index (χ0) is 24.2. The molecule has 0 aliphatic carbocycles. The second kappa shape index (κ2) is 14.4. The summed E-state index contributed by atoms with van der Waals surface area (Å²) in [6.07, 6.45) is 4.36. The van der Waals surface area contributed by atoms with Gasteiger partial charge in [0, 0.05) is 42.6 Å². The van der Waals surface area contributed by atoms with Gasteiger partial charge in [0.2, 0.25) is 11.8 Å². The van der Waals surface area contributed by atoms with Crippen LogP contribution in [0.4, 0.5) is 0 Å². The molecule has 1 aliphatic heterocycles. The van der Waals surface area contributed by atoms with Crippen molar-refractivity contribution >= 4 is 34.4 Å². The summed E-state index contributed by atoms with van der Waals surface area (Å²) in [7, 11) is 0. The monoisotopic (exact) mass is 577 g/mol. The van der Waals surface area contributed by atoms with Crippen molar-refractivity contribution < 1.29 is 14.7 Å². The number of rotatable bonds is 12. The topological polar surface area (TPSA) is 81.7 Å². The first-order chi connectivity index (χ1) is 16.5. The van der Waals surface area contributed by atoms with Gasteiger partial charge in [-0.15, -0.1) is 0 Å². The largest absolute Gasteiger partial charge is 0.390 e. The molecule has 3 N–H and O–H groups in total. The molecule has 1 aliphatic rings. The van der Waals surface area contributed by atoms with E-state index < -0.39 is 12.1 Å². The first kappa shape index (κ1) is 26.6. The highest BCUT2D eigenvalue weighted by Gasteiger charge is 2.22. The summed E-state index contributed by atoms with van der Waals surface area (Å²) in [5, 5.41) is 17.2. The lowest BCUT2D eigenvalue weighted by Gasteiger charge is -2.27. The Balaban J connectivity index is 1.48. The van der Waals surface area contributed by atoms with E-state index >= 15 is 0 Å². The molecule has 2 aromatic carbocycles. The van der Waals surface area contributed by atoms with Crippen LogP contribution < -0.4 is 10.6 Å². The predicted molar refractivity (Wildman–Crippen MR) is 143 cm³/mol. The lowest BCUT2D eigenvalue weighted by molar-refractivity contribution is -0.132. The van der Waals surface area contributed by atoms with Crippen LogP contribution in [-0.4, -0.2) is 53.6 Å². The zero-order valence-corrected chi connectivity index (χ0v) is 21.9. The summed E-state index contributed by atoms with van der Waals surface area (Å²) in [6.45, 7) is 2.70. The number of piperidine rings is 1. The number of hydrogen-bond acceptors (Lipinski definition) is 4. The molecule has 0 radical (unpaired) electrons. The number of carbonyl (C=O) groups excluding carboxylic acids is 2. The van der Waals surface area contributed by atoms with E-state index in [-0.39, 0.29) is 18.2 Å². The third kappa shape index (κ3) is 9.35. The molecule has 6 nitrogen and oxygen atoms in total. The Morgan fingerprint density at radius 2 is 1.71 bits per heavy atom. The number of hydrogen-bond donors (Lipinski definition) is 3. The molecule has 1 heterocycles. The number of halogens is 1. The fourth-order valence-electron chi connectivity index (χ4n) is 4.29. The average molecular weight is 578 g/mol. The highest BCUT2D eigenvalue weighted by Crippen LogP contribution is 2.12. The molecular formula is C27H36IN3O3. The first-order valence-electron chi connectivity index (χ1n) is 12.3. The maximum atomic E-state index is 12.7. The molecule has 34 heavy (non-hydrogen) atoms. The standard InChI is InChI=1S/C27H36IN3O3/c28-23-12-7-11-22(17-23)19-29-20-25(32)24(18-21-9-3-1-4-10-21)30-26(33)13-8-14-27(34)31-15-5-2-6-16-31/h1,3-4,7,9-12,17,24-25,29,32H,2,5-6,8,13-16,18-20H2,(H,30,33)/t24-,25+/m0/s1. The van der Waals surface area contributed by atoms with Crippen LogP contribution in [-0.2, 0) is 22.6 Å². The summed E-state index contributed by atoms with van der Waals surface area (Å²) in [6, 6.07) is 17.7. The van der Waals surface area contributed by atoms with Crippen molar-refractivity contribution in [2.45, 2.75) is 63.6 Å². The van der Waals surface area contributed by atoms with Gasteiger partial charge in [-0.25, -0.2) is 0 Å². The summed E-state index contributed by atoms with van der Waals surface area (Å²) in [5.74, 6) is 0.0252. The average Bonchev–Trinajstić information content (AvgIpc) is 2.85. The Bertz CT molecular complexity index is 903. The van der Waals surface area contributed by atoms with E-state index in [2.05, 4.69) is 45.4 Å². The second-order valence-electron chi connectivity index (χ2n) is 8.99. The van der Waals surface area contributed by atoms with Crippen molar-refractivity contribution in [1.82, 2.24) is 15.5 Å². The van der Waals surface area contributed by atoms with Gasteiger partial charge < -0.3 is 20.6 Å². The minimum absolute atomic E-state index is 0.121. The van der Waals surface area contributed by atoms with Crippen molar-refractivity contribution in [2.24, 2.45) is 0 Å². The maximum absolute atomic E-state index is 12.7. The molecule has 2 amide bonds. The second-order valence-corrected chi connectivity index (χ2v) is 10.2. The molecule has 1 fully saturated rings. The van der Waals surface area contributed by atoms with Gasteiger partial charge in [-0.1, -0.05) is 42.5 Å². The minimum Gasteiger partial charge on any atom is -0.390 e. The number of carbonyl (C=O) groups is 2. The Kier molecular flexibility index (Phi) is 11.3. The SMILES string of the molecule is O=C(CCCC(=O)N1CCCCC1)N[C@@H](Cc1ccccc1)[C@H](O)CNCc1cccc(I)c1. The van der Waals surface area contributed by atoms with Crippen LogP contribution in [0.5, 0.6) is 0 Å². The number of aliphatic hydroxyl groups excluding tert-OH is 1. The molecule has 2 atom stereocenters. The molecule has 184 valence electrons. The number of amides is 2. The van der Waals surface area contributed by atoms with E-state index in [4.69, 9.17) is 0 Å². The molecule has 7 heteroatoms. The molecule has 0 unspecified atom stereocenters. The number of nitrogens with one attached hydrogen (secondary N) is 2. The van der Waals surface area contributed by atoms with E-state index in [1.54, 1.807) is 0 Å². The highest BCUT2D eigenvalue weighted by molar-refractivity contribution is 14.1. The number of nitrogens with zero attached hydrogens (tertiary/aromatic N) is 1. The van der Waals surface area contributed by atoms with Crippen LogP contribution in [0.1, 0.15) is 49.7 Å². The summed E-state index contributed by atoms with van der Waals surface area (Å²) in [4.78, 5) is 26.9. The normalized spacial score (nSPS) is 15.5. The van der Waals surface area contributed by atoms with Crippen LogP contribution in [0, 0.1) is 3.57 Å². The van der Waals surface area contributed by atoms with Gasteiger partial charge in [0.25, 0.3) is 0 Å². The van der Waals surface area contributed by atoms with E-state index in [9.17, 15) is 14.7 Å². The van der Waals surface area contributed by atoms with Gasteiger partial charge in [0.05, 0.1) is 12.1 Å². The molecule has 0 bridgehead atoms. The van der Waals surface area contributed by atoms with Crippen molar-refractivity contribution in [3.63, 3.8) is 0 Å². The smallest absolute Gasteiger partial charge is 0.222 e. The van der Waals surface area contributed by atoms with Gasteiger partial charge in [-0.2, -0.15) is 0 Å². The summed E-state index contributed by atoms with van der Waals surface area (Å²) >= 11 is 2.29. The van der Waals surface area contributed by atoms with Gasteiger partial charge >= 0.3 is 0 Å². The first-order valence-corrected chi connectivity index (χ1v) is 13.3. The van der Waals surface area contributed by atoms with Gasteiger partial charge in [-0.3, -0.25) is 9.59 Å². The van der Waals surface area contributed by atoms with E-state index in [0.29, 0.717) is 32.4 Å². The molecule has 2 aromatic rings. The lowest BCUT2D eigenvalue weighted by Crippen LogP contribution is -2.48. The van der Waals surface area contributed by atoms with Crippen LogP contribution >= 0.6 is 22.6 Å². The maximum Gasteiger partial charge on any atom is 0.222 e. The fourth-order valence-corrected chi connectivity index (χ4v) is 4.89. The molecule has 0 aromatic heterocycles. The van der Waals surface area contributed by atoms with E-state index in [0.717, 1.165) is 37.1 Å². The Labute approximate surface area is 216 Å². The van der Waals surface area contributed by atoms with Gasteiger partial charge in [0.1, 0.15) is 0 Å². The van der Waals surface area contributed by atoms with Crippen molar-refractivity contribution in [1.29, 1.82) is 0 Å². The zero-order valence-electron chi connectivity index (χ0n) is 19.7. The molecule has 1 saturated heterocycles. The Morgan fingerprint density at radius 1 is 0.971 bits per heavy atom. The third-order valence-corrected chi connectivity index (χ3v) is 6.86. The molecule has 0 saturated carbocycles. The van der Waals surface area contributed by atoms with Crippen LogP contribution in [0.15, 0.2) is 54.6 Å². The van der Waals surface area contributed by atoms with Crippen molar-refractivity contribution in [3.8, 4) is 0 Å². The fraction of sp³-hybridized carbons (Fsp3) is 0.481. The van der Waals surface area contributed by atoms with Crippen LogP contribution in [0.25, 0.3) is 0 Å². The molecule has 3 rings (SSSR count). The Morgan fingerprint density at radius 3 is 2.44 bits per heavy atom. The van der Waals surface area contributed by atoms with Crippen molar-refractivity contribution in [2.75, 3.05) is 19.6 Å². The molecule has 0 spiro atoms. The third-order valence-electron chi connectivity index (χ3n) is 6.18. The minimum atomic E-state index is -0.734. The predicted octanol–water partition coefficient (Wildman–Crippen LogP) is 3.65. The van der Waals surface area contributed by atoms with Crippen LogP contribution in [0.3, 0.4) is 0 Å². The number of aliphatic hydroxyl groups is 1. The van der Waals surface area contributed by atoms with Crippen LogP contribution in [0.2, 0.25) is 0 Å². The van der Waals surface area contributed by atoms with Crippen molar-refractivity contribution in [3.05, 3.63) is 69.3 Å². The molecular weight excluding hydrogens is 541 g/mol. The number of benzene rings is 2. The van der Waals surface area contributed by atoms with Gasteiger partial charge in [0.15, 0.2) is 0 Å². The summed E-state index contributed by atoms with van der Waals surface area (Å²) in [5.41, 5.74) is 2.21. The van der Waals surface area contributed by atoms with Gasteiger partial charge in [-0.05, 0) is 78.0 Å². The Hall–Kier alpha value is -1.97. The van der Waals surface area contributed by atoms with E-state index in [1.807, 2.05) is 47.4 Å². The van der Waals surface area contributed by atoms with E-state index in [1.165, 1.54) is 9.99 Å². The summed E-state index contributed by atoms with van der Waals surface area (Å²) < 4.78 is 1.17. The highest BCUT2D eigenvalue weighted by atomic mass is 127. The quantitative estimate of drug-likeness (QED) is 0.337.